The molecule has 1 aromatic heterocycles. The molecule has 0 saturated heterocycles. The van der Waals surface area contributed by atoms with Gasteiger partial charge in [0.2, 0.25) is 5.91 Å². The Kier molecular flexibility index (Phi) is 5.63. The lowest BCUT2D eigenvalue weighted by atomic mass is 10.1. The summed E-state index contributed by atoms with van der Waals surface area (Å²) in [5, 5.41) is 0.650. The van der Waals surface area contributed by atoms with Crippen molar-refractivity contribution in [2.24, 2.45) is 0 Å². The number of hydrazine groups is 1. The number of fused-ring (bicyclic) bond motifs is 1. The quantitative estimate of drug-likeness (QED) is 0.592. The number of aromatic nitrogens is 1. The summed E-state index contributed by atoms with van der Waals surface area (Å²) >= 11 is 0. The van der Waals surface area contributed by atoms with Crippen LogP contribution in [0.15, 0.2) is 36.4 Å². The molecule has 0 radical (unpaired) electrons. The van der Waals surface area contributed by atoms with Crippen LogP contribution in [0.5, 0.6) is 5.75 Å². The van der Waals surface area contributed by atoms with Crippen LogP contribution in [0.2, 0.25) is 0 Å². The number of hydrogen-bond acceptors (Lipinski definition) is 3. The largest absolute Gasteiger partial charge is 0.484 e. The van der Waals surface area contributed by atoms with Gasteiger partial charge in [-0.25, -0.2) is 4.39 Å². The smallest absolute Gasteiger partial charge is 0.276 e. The number of H-pyrrole nitrogens is 1. The summed E-state index contributed by atoms with van der Waals surface area (Å²) in [6.45, 7) is 5.54. The number of amides is 2. The van der Waals surface area contributed by atoms with Crippen LogP contribution in [0.4, 0.5) is 4.39 Å². The van der Waals surface area contributed by atoms with Gasteiger partial charge in [-0.1, -0.05) is 6.07 Å². The maximum absolute atomic E-state index is 13.5. The zero-order chi connectivity index (χ0) is 20.3. The number of halogens is 1. The van der Waals surface area contributed by atoms with Gasteiger partial charge in [0.25, 0.3) is 5.91 Å². The molecule has 3 aromatic rings. The van der Waals surface area contributed by atoms with Crippen molar-refractivity contribution in [1.29, 1.82) is 0 Å². The lowest BCUT2D eigenvalue weighted by molar-refractivity contribution is -0.129. The minimum absolute atomic E-state index is 0.00752. The fraction of sp³-hybridized carbons (Fsp3) is 0.238. The van der Waals surface area contributed by atoms with E-state index in [1.807, 2.05) is 32.9 Å². The third kappa shape index (κ3) is 4.49. The molecule has 0 bridgehead atoms. The van der Waals surface area contributed by atoms with Gasteiger partial charge in [0, 0.05) is 16.6 Å². The Morgan fingerprint density at radius 3 is 2.50 bits per heavy atom. The predicted octanol–water partition coefficient (Wildman–Crippen LogP) is 3.00. The number of hydrogen-bond donors (Lipinski definition) is 3. The van der Waals surface area contributed by atoms with Gasteiger partial charge in [-0.2, -0.15) is 0 Å². The Balaban J connectivity index is 1.53. The van der Waals surface area contributed by atoms with E-state index in [-0.39, 0.29) is 18.8 Å². The van der Waals surface area contributed by atoms with E-state index < -0.39 is 11.8 Å². The van der Waals surface area contributed by atoms with Crippen LogP contribution >= 0.6 is 0 Å². The average Bonchev–Trinajstić information content (AvgIpc) is 2.96. The van der Waals surface area contributed by atoms with Crippen molar-refractivity contribution < 1.29 is 18.7 Å². The van der Waals surface area contributed by atoms with Gasteiger partial charge in [-0.15, -0.1) is 0 Å². The van der Waals surface area contributed by atoms with E-state index in [2.05, 4.69) is 15.8 Å². The topological polar surface area (TPSA) is 83.2 Å². The molecule has 0 atom stereocenters. The maximum Gasteiger partial charge on any atom is 0.276 e. The molecule has 0 aliphatic carbocycles. The highest BCUT2D eigenvalue weighted by molar-refractivity contribution is 5.91. The van der Waals surface area contributed by atoms with Crippen molar-refractivity contribution in [2.45, 2.75) is 27.2 Å². The molecule has 1 heterocycles. The van der Waals surface area contributed by atoms with Gasteiger partial charge in [0.15, 0.2) is 6.61 Å². The predicted molar refractivity (Wildman–Crippen MR) is 104 cm³/mol. The maximum atomic E-state index is 13.5. The summed E-state index contributed by atoms with van der Waals surface area (Å²) in [5.74, 6) is -0.674. The summed E-state index contributed by atoms with van der Waals surface area (Å²) in [7, 11) is 0. The second-order valence-electron chi connectivity index (χ2n) is 6.73. The zero-order valence-corrected chi connectivity index (χ0v) is 16.0. The Labute approximate surface area is 162 Å². The average molecular weight is 383 g/mol. The molecule has 146 valence electrons. The highest BCUT2D eigenvalue weighted by Crippen LogP contribution is 2.23. The van der Waals surface area contributed by atoms with E-state index in [0.29, 0.717) is 16.7 Å². The van der Waals surface area contributed by atoms with Crippen LogP contribution in [0.1, 0.15) is 22.4 Å². The second kappa shape index (κ2) is 8.12. The van der Waals surface area contributed by atoms with Crippen molar-refractivity contribution in [2.75, 3.05) is 6.61 Å². The Morgan fingerprint density at radius 2 is 1.75 bits per heavy atom. The summed E-state index contributed by atoms with van der Waals surface area (Å²) in [6.07, 6.45) is 0.00752. The monoisotopic (exact) mass is 383 g/mol. The SMILES string of the molecule is Cc1ccc(OCC(=O)NNC(=O)Cc2c(C)[nH]c3ccc(F)cc23)cc1C. The molecule has 7 heteroatoms. The minimum atomic E-state index is -0.478. The van der Waals surface area contributed by atoms with Gasteiger partial charge in [-0.3, -0.25) is 20.4 Å². The van der Waals surface area contributed by atoms with Crippen LogP contribution in [0, 0.1) is 26.6 Å². The van der Waals surface area contributed by atoms with Crippen molar-refractivity contribution in [3.05, 3.63) is 64.6 Å². The lowest BCUT2D eigenvalue weighted by Gasteiger charge is -2.10. The number of rotatable bonds is 5. The number of carbonyl (C=O) groups is 2. The van der Waals surface area contributed by atoms with E-state index in [1.165, 1.54) is 12.1 Å². The van der Waals surface area contributed by atoms with Gasteiger partial charge in [-0.05, 0) is 67.8 Å². The molecule has 0 fully saturated rings. The van der Waals surface area contributed by atoms with Crippen LogP contribution in [-0.2, 0) is 16.0 Å². The van der Waals surface area contributed by atoms with Gasteiger partial charge >= 0.3 is 0 Å². The molecule has 2 aromatic carbocycles. The first kappa shape index (κ1) is 19.4. The molecule has 0 aliphatic rings. The third-order valence-corrected chi connectivity index (χ3v) is 4.61. The molecule has 0 aliphatic heterocycles. The molecule has 0 unspecified atom stereocenters. The Hall–Kier alpha value is -3.35. The van der Waals surface area contributed by atoms with Crippen molar-refractivity contribution in [1.82, 2.24) is 15.8 Å². The first-order valence-electron chi connectivity index (χ1n) is 8.88. The lowest BCUT2D eigenvalue weighted by Crippen LogP contribution is -2.44. The van der Waals surface area contributed by atoms with Crippen LogP contribution < -0.4 is 15.6 Å². The number of aryl methyl sites for hydroxylation is 3. The highest BCUT2D eigenvalue weighted by Gasteiger charge is 2.14. The number of nitrogens with one attached hydrogen (secondary N) is 3. The normalized spacial score (nSPS) is 10.7. The fourth-order valence-corrected chi connectivity index (χ4v) is 2.92. The molecule has 0 spiro atoms. The number of benzene rings is 2. The van der Waals surface area contributed by atoms with E-state index >= 15 is 0 Å². The first-order valence-corrected chi connectivity index (χ1v) is 8.88. The number of ether oxygens (including phenoxy) is 1. The summed E-state index contributed by atoms with van der Waals surface area (Å²) in [4.78, 5) is 27.2. The van der Waals surface area contributed by atoms with Gasteiger partial charge in [0.1, 0.15) is 11.6 Å². The highest BCUT2D eigenvalue weighted by atomic mass is 19.1. The molecule has 2 amide bonds. The molecule has 3 N–H and O–H groups in total. The second-order valence-corrected chi connectivity index (χ2v) is 6.73. The Bertz CT molecular complexity index is 1040. The molecule has 6 nitrogen and oxygen atoms in total. The van der Waals surface area contributed by atoms with Crippen LogP contribution in [0.3, 0.4) is 0 Å². The summed E-state index contributed by atoms with van der Waals surface area (Å²) in [5.41, 5.74) is 9.10. The number of carbonyl (C=O) groups excluding carboxylic acids is 2. The van der Waals surface area contributed by atoms with Gasteiger partial charge < -0.3 is 9.72 Å². The summed E-state index contributed by atoms with van der Waals surface area (Å²) < 4.78 is 18.9. The van der Waals surface area contributed by atoms with E-state index in [1.54, 1.807) is 12.1 Å². The summed E-state index contributed by atoms with van der Waals surface area (Å²) in [6, 6.07) is 9.92. The van der Waals surface area contributed by atoms with E-state index in [0.717, 1.165) is 22.3 Å². The fourth-order valence-electron chi connectivity index (χ4n) is 2.92. The third-order valence-electron chi connectivity index (χ3n) is 4.61. The van der Waals surface area contributed by atoms with Crippen molar-refractivity contribution in [3.63, 3.8) is 0 Å². The van der Waals surface area contributed by atoms with Crippen LogP contribution in [-0.4, -0.2) is 23.4 Å². The Morgan fingerprint density at radius 1 is 1.00 bits per heavy atom. The molecule has 0 saturated carbocycles. The van der Waals surface area contributed by atoms with Crippen molar-refractivity contribution in [3.8, 4) is 5.75 Å². The first-order chi connectivity index (χ1) is 13.3. The molecule has 28 heavy (non-hydrogen) atoms. The van der Waals surface area contributed by atoms with Gasteiger partial charge in [0.05, 0.1) is 6.42 Å². The molecular weight excluding hydrogens is 361 g/mol. The zero-order valence-electron chi connectivity index (χ0n) is 16.0. The van der Waals surface area contributed by atoms with E-state index in [9.17, 15) is 14.0 Å². The van der Waals surface area contributed by atoms with Crippen LogP contribution in [0.25, 0.3) is 10.9 Å². The molecular formula is C21H22FN3O3. The molecule has 3 rings (SSSR count). The minimum Gasteiger partial charge on any atom is -0.484 e. The van der Waals surface area contributed by atoms with Crippen molar-refractivity contribution >= 4 is 22.7 Å². The number of aromatic amines is 1. The van der Waals surface area contributed by atoms with E-state index in [4.69, 9.17) is 4.74 Å². The standard InChI is InChI=1S/C21H22FN3O3/c1-12-4-6-16(8-13(12)2)28-11-21(27)25-24-20(26)10-17-14(3)23-19-7-5-15(22)9-18(17)19/h4-9,23H,10-11H2,1-3H3,(H,24,26)(H,25,27).